The van der Waals surface area contributed by atoms with Gasteiger partial charge in [0, 0.05) is 5.70 Å². The van der Waals surface area contributed by atoms with Gasteiger partial charge in [-0.2, -0.15) is 0 Å². The summed E-state index contributed by atoms with van der Waals surface area (Å²) in [5, 5.41) is 0. The fourth-order valence-electron chi connectivity index (χ4n) is 1.71. The number of hydrogen-bond acceptors (Lipinski definition) is 3. The summed E-state index contributed by atoms with van der Waals surface area (Å²) in [5.41, 5.74) is 4.23. The summed E-state index contributed by atoms with van der Waals surface area (Å²) in [5.74, 6) is 5.38. The molecule has 18 heavy (non-hydrogen) atoms. The van der Waals surface area contributed by atoms with Gasteiger partial charge in [-0.1, -0.05) is 36.4 Å². The summed E-state index contributed by atoms with van der Waals surface area (Å²) in [7, 11) is 0. The maximum absolute atomic E-state index is 5.95. The predicted molar refractivity (Wildman–Crippen MR) is 73.3 cm³/mol. The monoisotopic (exact) mass is 242 g/mol. The lowest BCUT2D eigenvalue weighted by Crippen LogP contribution is -2.23. The number of ether oxygens (including phenoxy) is 1. The van der Waals surface area contributed by atoms with Gasteiger partial charge in [-0.3, -0.25) is 5.84 Å². The molecule has 2 rings (SSSR count). The summed E-state index contributed by atoms with van der Waals surface area (Å²) >= 11 is 0. The first-order valence-electron chi connectivity index (χ1n) is 5.95. The molecule has 1 atom stereocenters. The molecule has 1 aromatic rings. The van der Waals surface area contributed by atoms with E-state index >= 15 is 0 Å². The van der Waals surface area contributed by atoms with Crippen LogP contribution in [0.25, 0.3) is 0 Å². The van der Waals surface area contributed by atoms with E-state index in [2.05, 4.69) is 17.6 Å². The van der Waals surface area contributed by atoms with Crippen LogP contribution in [0.15, 0.2) is 66.4 Å². The highest BCUT2D eigenvalue weighted by Gasteiger charge is 2.18. The van der Waals surface area contributed by atoms with Gasteiger partial charge in [0.1, 0.15) is 5.60 Å². The van der Waals surface area contributed by atoms with E-state index in [0.717, 1.165) is 11.3 Å². The number of nitrogens with one attached hydrogen (secondary N) is 1. The second-order valence-electron chi connectivity index (χ2n) is 4.42. The Balaban J connectivity index is 2.01. The van der Waals surface area contributed by atoms with Gasteiger partial charge in [0.15, 0.2) is 0 Å². The van der Waals surface area contributed by atoms with Gasteiger partial charge < -0.3 is 10.2 Å². The van der Waals surface area contributed by atoms with Crippen molar-refractivity contribution < 1.29 is 4.74 Å². The molecular formula is C15H18N2O. The zero-order chi connectivity index (χ0) is 12.8. The van der Waals surface area contributed by atoms with Gasteiger partial charge in [0.05, 0.1) is 6.61 Å². The van der Waals surface area contributed by atoms with Crippen molar-refractivity contribution in [3.63, 3.8) is 0 Å². The van der Waals surface area contributed by atoms with E-state index in [-0.39, 0.29) is 0 Å². The van der Waals surface area contributed by atoms with Crippen LogP contribution in [0, 0.1) is 0 Å². The summed E-state index contributed by atoms with van der Waals surface area (Å²) in [4.78, 5) is 0. The van der Waals surface area contributed by atoms with E-state index in [4.69, 9.17) is 10.6 Å². The van der Waals surface area contributed by atoms with Crippen molar-refractivity contribution in [1.29, 1.82) is 0 Å². The molecule has 0 amide bonds. The molecule has 1 unspecified atom stereocenters. The maximum atomic E-state index is 5.95. The molecule has 0 bridgehead atoms. The highest BCUT2D eigenvalue weighted by molar-refractivity contribution is 5.31. The molecule has 3 N–H and O–H groups in total. The predicted octanol–water partition coefficient (Wildman–Crippen LogP) is 2.44. The Morgan fingerprint density at radius 2 is 2.00 bits per heavy atom. The standard InChI is InChI=1S/C15H18N2O/c1-15(10-5-8-14(17-16)9-11-15)18-12-13-6-3-2-4-7-13/h2-11,17H,12,16H2,1H3. The molecule has 0 saturated heterocycles. The van der Waals surface area contributed by atoms with Crippen molar-refractivity contribution in [2.24, 2.45) is 5.84 Å². The third-order valence-corrected chi connectivity index (χ3v) is 2.86. The van der Waals surface area contributed by atoms with Crippen molar-refractivity contribution in [2.45, 2.75) is 19.1 Å². The number of benzene rings is 1. The third-order valence-electron chi connectivity index (χ3n) is 2.86. The first-order valence-corrected chi connectivity index (χ1v) is 5.95. The Morgan fingerprint density at radius 1 is 1.22 bits per heavy atom. The minimum atomic E-state index is -0.412. The van der Waals surface area contributed by atoms with Crippen LogP contribution in [0.2, 0.25) is 0 Å². The normalized spacial score (nSPS) is 22.4. The summed E-state index contributed by atoms with van der Waals surface area (Å²) in [6.07, 6.45) is 9.78. The Kier molecular flexibility index (Phi) is 3.97. The van der Waals surface area contributed by atoms with Gasteiger partial charge in [0.25, 0.3) is 0 Å². The molecule has 0 radical (unpaired) electrons. The van der Waals surface area contributed by atoms with Crippen LogP contribution in [0.3, 0.4) is 0 Å². The van der Waals surface area contributed by atoms with Crippen molar-refractivity contribution in [1.82, 2.24) is 5.43 Å². The number of hydrogen-bond donors (Lipinski definition) is 2. The number of rotatable bonds is 4. The molecule has 0 heterocycles. The number of hydrazine groups is 1. The molecule has 0 aromatic heterocycles. The third kappa shape index (κ3) is 3.32. The molecule has 0 spiro atoms. The molecule has 3 heteroatoms. The zero-order valence-electron chi connectivity index (χ0n) is 10.5. The fraction of sp³-hybridized carbons (Fsp3) is 0.200. The lowest BCUT2D eigenvalue weighted by Gasteiger charge is -2.22. The SMILES string of the molecule is CC1(OCc2ccccc2)C=CC=C(NN)C=C1. The van der Waals surface area contributed by atoms with Crippen molar-refractivity contribution in [3.8, 4) is 0 Å². The first-order chi connectivity index (χ1) is 8.72. The van der Waals surface area contributed by atoms with Crippen LogP contribution in [0.4, 0.5) is 0 Å². The van der Waals surface area contributed by atoms with Crippen LogP contribution >= 0.6 is 0 Å². The van der Waals surface area contributed by atoms with Crippen LogP contribution in [-0.4, -0.2) is 5.60 Å². The Labute approximate surface area is 108 Å². The molecule has 94 valence electrons. The Morgan fingerprint density at radius 3 is 2.72 bits per heavy atom. The molecule has 0 saturated carbocycles. The first kappa shape index (κ1) is 12.6. The molecular weight excluding hydrogens is 224 g/mol. The van der Waals surface area contributed by atoms with E-state index < -0.39 is 5.60 Å². The average molecular weight is 242 g/mol. The molecule has 1 aromatic carbocycles. The van der Waals surface area contributed by atoms with Crippen LogP contribution < -0.4 is 11.3 Å². The largest absolute Gasteiger partial charge is 0.362 e. The van der Waals surface area contributed by atoms with Gasteiger partial charge in [-0.15, -0.1) is 0 Å². The summed E-state index contributed by atoms with van der Waals surface area (Å²) in [6, 6.07) is 10.1. The van der Waals surface area contributed by atoms with E-state index in [1.807, 2.05) is 55.5 Å². The summed E-state index contributed by atoms with van der Waals surface area (Å²) < 4.78 is 5.95. The quantitative estimate of drug-likeness (QED) is 0.629. The highest BCUT2D eigenvalue weighted by Crippen LogP contribution is 2.20. The van der Waals surface area contributed by atoms with Gasteiger partial charge in [0.2, 0.25) is 0 Å². The van der Waals surface area contributed by atoms with E-state index in [0.29, 0.717) is 6.61 Å². The molecule has 1 aliphatic carbocycles. The maximum Gasteiger partial charge on any atom is 0.103 e. The van der Waals surface area contributed by atoms with Gasteiger partial charge in [-0.25, -0.2) is 0 Å². The second kappa shape index (κ2) is 5.67. The smallest absolute Gasteiger partial charge is 0.103 e. The number of nitrogens with two attached hydrogens (primary N) is 1. The van der Waals surface area contributed by atoms with Gasteiger partial charge in [-0.05, 0) is 36.8 Å². The Bertz CT molecular complexity index is 477. The van der Waals surface area contributed by atoms with Crippen LogP contribution in [-0.2, 0) is 11.3 Å². The zero-order valence-corrected chi connectivity index (χ0v) is 10.5. The van der Waals surface area contributed by atoms with Crippen molar-refractivity contribution >= 4 is 0 Å². The summed E-state index contributed by atoms with van der Waals surface area (Å²) in [6.45, 7) is 2.60. The van der Waals surface area contributed by atoms with Crippen molar-refractivity contribution in [2.75, 3.05) is 0 Å². The van der Waals surface area contributed by atoms with E-state index in [9.17, 15) is 0 Å². The molecule has 3 nitrogen and oxygen atoms in total. The minimum Gasteiger partial charge on any atom is -0.362 e. The molecule has 0 fully saturated rings. The second-order valence-corrected chi connectivity index (χ2v) is 4.42. The molecule has 0 aliphatic heterocycles. The lowest BCUT2D eigenvalue weighted by molar-refractivity contribution is 0.0285. The fourth-order valence-corrected chi connectivity index (χ4v) is 1.71. The van der Waals surface area contributed by atoms with Crippen LogP contribution in [0.5, 0.6) is 0 Å². The van der Waals surface area contributed by atoms with Gasteiger partial charge >= 0.3 is 0 Å². The number of allylic oxidation sites excluding steroid dienone is 3. The van der Waals surface area contributed by atoms with Crippen molar-refractivity contribution in [3.05, 3.63) is 72.0 Å². The van der Waals surface area contributed by atoms with Crippen LogP contribution in [0.1, 0.15) is 12.5 Å². The topological polar surface area (TPSA) is 47.3 Å². The lowest BCUT2D eigenvalue weighted by atomic mass is 10.1. The van der Waals surface area contributed by atoms with E-state index in [1.165, 1.54) is 0 Å². The Hall–Kier alpha value is -1.84. The molecule has 1 aliphatic rings. The highest BCUT2D eigenvalue weighted by atomic mass is 16.5. The minimum absolute atomic E-state index is 0.412. The van der Waals surface area contributed by atoms with E-state index in [1.54, 1.807) is 0 Å². The average Bonchev–Trinajstić information content (AvgIpc) is 2.60.